The molecule has 0 radical (unpaired) electrons. The minimum atomic E-state index is -0.477. The Morgan fingerprint density at radius 1 is 0.880 bits per heavy atom. The number of benzene rings is 2. The van der Waals surface area contributed by atoms with Gasteiger partial charge in [-0.25, -0.2) is 19.2 Å². The summed E-state index contributed by atoms with van der Waals surface area (Å²) >= 11 is 0. The van der Waals surface area contributed by atoms with Crippen LogP contribution in [-0.2, 0) is 6.54 Å². The summed E-state index contributed by atoms with van der Waals surface area (Å²) in [4.78, 5) is 19.6. The van der Waals surface area contributed by atoms with Crippen molar-refractivity contribution >= 4 is 23.4 Å². The molecule has 0 saturated carbocycles. The molecule has 0 saturated heterocycles. The number of aromatic nitrogens is 2. The highest BCUT2D eigenvalue weighted by atomic mass is 19.1. The third kappa shape index (κ3) is 5.00. The Balaban J connectivity index is 1.51. The first-order valence-corrected chi connectivity index (χ1v) is 7.62. The smallest absolute Gasteiger partial charge is 0.323 e. The number of halogens is 1. The van der Waals surface area contributed by atoms with Crippen LogP contribution in [0.3, 0.4) is 0 Å². The van der Waals surface area contributed by atoms with Crippen LogP contribution in [0.25, 0.3) is 0 Å². The summed E-state index contributed by atoms with van der Waals surface area (Å²) in [7, 11) is 0. The van der Waals surface area contributed by atoms with Gasteiger partial charge in [0.2, 0.25) is 5.95 Å². The van der Waals surface area contributed by atoms with Gasteiger partial charge in [0.25, 0.3) is 0 Å². The predicted molar refractivity (Wildman–Crippen MR) is 94.8 cm³/mol. The fraction of sp³-hybridized carbons (Fsp3) is 0.0556. The minimum absolute atomic E-state index is 0.309. The standard InChI is InChI=1S/C18H16FN5O/c19-14-11-21-17(22-12-14)20-10-13-6-8-16(9-7-13)24-18(25)23-15-4-2-1-3-5-15/h1-9,11-12H,10H2,(H,20,21,22)(H2,23,24,25). The van der Waals surface area contributed by atoms with Crippen LogP contribution in [0, 0.1) is 5.82 Å². The third-order valence-electron chi connectivity index (χ3n) is 3.31. The van der Waals surface area contributed by atoms with Gasteiger partial charge >= 0.3 is 6.03 Å². The maximum absolute atomic E-state index is 12.7. The molecular formula is C18H16FN5O. The highest BCUT2D eigenvalue weighted by Gasteiger charge is 2.03. The number of anilines is 3. The van der Waals surface area contributed by atoms with E-state index >= 15 is 0 Å². The molecule has 6 nitrogen and oxygen atoms in total. The second-order valence-electron chi connectivity index (χ2n) is 5.22. The summed E-state index contributed by atoms with van der Waals surface area (Å²) in [6, 6.07) is 16.2. The van der Waals surface area contributed by atoms with Gasteiger partial charge in [-0.1, -0.05) is 30.3 Å². The van der Waals surface area contributed by atoms with Crippen molar-refractivity contribution in [3.05, 3.63) is 78.4 Å². The lowest BCUT2D eigenvalue weighted by Gasteiger charge is -2.09. The maximum atomic E-state index is 12.7. The Bertz CT molecular complexity index is 822. The molecule has 0 aliphatic heterocycles. The second-order valence-corrected chi connectivity index (χ2v) is 5.22. The molecule has 0 unspecified atom stereocenters. The highest BCUT2D eigenvalue weighted by molar-refractivity contribution is 5.99. The molecule has 0 spiro atoms. The summed E-state index contributed by atoms with van der Waals surface area (Å²) in [5.41, 5.74) is 2.37. The SMILES string of the molecule is O=C(Nc1ccccc1)Nc1ccc(CNc2ncc(F)cn2)cc1. The van der Waals surface area contributed by atoms with Crippen LogP contribution in [0.2, 0.25) is 0 Å². The normalized spacial score (nSPS) is 10.1. The van der Waals surface area contributed by atoms with Crippen molar-refractivity contribution in [1.29, 1.82) is 0 Å². The average molecular weight is 337 g/mol. The number of para-hydroxylation sites is 1. The Morgan fingerprint density at radius 3 is 2.12 bits per heavy atom. The minimum Gasteiger partial charge on any atom is -0.350 e. The van der Waals surface area contributed by atoms with E-state index in [4.69, 9.17) is 0 Å². The van der Waals surface area contributed by atoms with Crippen molar-refractivity contribution in [1.82, 2.24) is 9.97 Å². The molecule has 1 heterocycles. The van der Waals surface area contributed by atoms with Crippen LogP contribution in [0.1, 0.15) is 5.56 Å². The van der Waals surface area contributed by atoms with Crippen molar-refractivity contribution in [3.63, 3.8) is 0 Å². The van der Waals surface area contributed by atoms with Gasteiger partial charge in [0.15, 0.2) is 5.82 Å². The lowest BCUT2D eigenvalue weighted by molar-refractivity contribution is 0.262. The van der Waals surface area contributed by atoms with Crippen LogP contribution in [-0.4, -0.2) is 16.0 Å². The number of nitrogens with one attached hydrogen (secondary N) is 3. The number of carbonyl (C=O) groups is 1. The number of amides is 2. The van der Waals surface area contributed by atoms with Gasteiger partial charge in [-0.2, -0.15) is 0 Å². The fourth-order valence-electron chi connectivity index (χ4n) is 2.11. The summed E-state index contributed by atoms with van der Waals surface area (Å²) in [5.74, 6) is -0.124. The van der Waals surface area contributed by atoms with Crippen LogP contribution >= 0.6 is 0 Å². The van der Waals surface area contributed by atoms with Crippen molar-refractivity contribution in [3.8, 4) is 0 Å². The highest BCUT2D eigenvalue weighted by Crippen LogP contribution is 2.12. The molecule has 0 fully saturated rings. The molecule has 0 aliphatic carbocycles. The first-order chi connectivity index (χ1) is 12.2. The molecule has 3 N–H and O–H groups in total. The molecule has 3 aromatic rings. The molecule has 7 heteroatoms. The first kappa shape index (κ1) is 16.4. The predicted octanol–water partition coefficient (Wildman–Crippen LogP) is 3.87. The number of rotatable bonds is 5. The monoisotopic (exact) mass is 337 g/mol. The molecular weight excluding hydrogens is 321 g/mol. The van der Waals surface area contributed by atoms with E-state index in [2.05, 4.69) is 25.9 Å². The van der Waals surface area contributed by atoms with Crippen molar-refractivity contribution < 1.29 is 9.18 Å². The number of hydrogen-bond acceptors (Lipinski definition) is 4. The molecule has 2 aromatic carbocycles. The van der Waals surface area contributed by atoms with E-state index < -0.39 is 5.82 Å². The van der Waals surface area contributed by atoms with Crippen molar-refractivity contribution in [2.24, 2.45) is 0 Å². The molecule has 1 aromatic heterocycles. The van der Waals surface area contributed by atoms with E-state index in [1.807, 2.05) is 42.5 Å². The van der Waals surface area contributed by atoms with Crippen molar-refractivity contribution in [2.45, 2.75) is 6.54 Å². The topological polar surface area (TPSA) is 78.9 Å². The Morgan fingerprint density at radius 2 is 1.48 bits per heavy atom. The molecule has 126 valence electrons. The summed E-state index contributed by atoms with van der Waals surface area (Å²) in [6.07, 6.45) is 2.21. The molecule has 0 aliphatic rings. The number of urea groups is 1. The van der Waals surface area contributed by atoms with Gasteiger partial charge in [-0.05, 0) is 29.8 Å². The van der Waals surface area contributed by atoms with Gasteiger partial charge < -0.3 is 16.0 Å². The number of hydrogen-bond donors (Lipinski definition) is 3. The van der Waals surface area contributed by atoms with Crippen LogP contribution in [0.5, 0.6) is 0 Å². The van der Waals surface area contributed by atoms with Gasteiger partial charge in [-0.3, -0.25) is 0 Å². The van der Waals surface area contributed by atoms with Crippen molar-refractivity contribution in [2.75, 3.05) is 16.0 Å². The molecule has 3 rings (SSSR count). The van der Waals surface area contributed by atoms with E-state index in [1.54, 1.807) is 12.1 Å². The fourth-order valence-corrected chi connectivity index (χ4v) is 2.11. The molecule has 0 bridgehead atoms. The lowest BCUT2D eigenvalue weighted by Crippen LogP contribution is -2.19. The van der Waals surface area contributed by atoms with Crippen LogP contribution in [0.15, 0.2) is 67.0 Å². The summed E-state index contributed by atoms with van der Waals surface area (Å²) in [6.45, 7) is 0.488. The lowest BCUT2D eigenvalue weighted by atomic mass is 10.2. The van der Waals surface area contributed by atoms with Gasteiger partial charge in [-0.15, -0.1) is 0 Å². The van der Waals surface area contributed by atoms with E-state index in [-0.39, 0.29) is 6.03 Å². The second kappa shape index (κ2) is 7.87. The van der Waals surface area contributed by atoms with Gasteiger partial charge in [0.1, 0.15) is 0 Å². The largest absolute Gasteiger partial charge is 0.350 e. The Hall–Kier alpha value is -3.48. The molecule has 0 atom stereocenters. The molecule has 25 heavy (non-hydrogen) atoms. The Kier molecular flexibility index (Phi) is 5.16. The van der Waals surface area contributed by atoms with E-state index in [1.165, 1.54) is 0 Å². The quantitative estimate of drug-likeness (QED) is 0.660. The van der Waals surface area contributed by atoms with E-state index in [9.17, 15) is 9.18 Å². The van der Waals surface area contributed by atoms with E-state index in [0.29, 0.717) is 18.2 Å². The number of carbonyl (C=O) groups excluding carboxylic acids is 1. The maximum Gasteiger partial charge on any atom is 0.323 e. The van der Waals surface area contributed by atoms with Gasteiger partial charge in [0, 0.05) is 17.9 Å². The van der Waals surface area contributed by atoms with Gasteiger partial charge in [0.05, 0.1) is 12.4 Å². The zero-order valence-corrected chi connectivity index (χ0v) is 13.2. The number of nitrogens with zero attached hydrogens (tertiary/aromatic N) is 2. The van der Waals surface area contributed by atoms with E-state index in [0.717, 1.165) is 23.6 Å². The van der Waals surface area contributed by atoms with Crippen LogP contribution in [0.4, 0.5) is 26.5 Å². The zero-order valence-electron chi connectivity index (χ0n) is 13.2. The summed E-state index contributed by atoms with van der Waals surface area (Å²) in [5, 5.41) is 8.50. The summed E-state index contributed by atoms with van der Waals surface area (Å²) < 4.78 is 12.7. The molecule has 2 amide bonds. The average Bonchev–Trinajstić information content (AvgIpc) is 2.63. The zero-order chi connectivity index (χ0) is 17.5. The third-order valence-corrected chi connectivity index (χ3v) is 3.31. The first-order valence-electron chi connectivity index (χ1n) is 7.62. The van der Waals surface area contributed by atoms with Crippen LogP contribution < -0.4 is 16.0 Å². The Labute approximate surface area is 144 Å².